The van der Waals surface area contributed by atoms with Gasteiger partial charge in [0.25, 0.3) is 0 Å². The molecule has 0 radical (unpaired) electrons. The molecule has 0 aliphatic carbocycles. The summed E-state index contributed by atoms with van der Waals surface area (Å²) in [4.78, 5) is 9.05. The minimum Gasteiger partial charge on any atom is -0.370 e. The predicted octanol–water partition coefficient (Wildman–Crippen LogP) is 1.13. The van der Waals surface area contributed by atoms with Crippen LogP contribution in [0.3, 0.4) is 0 Å². The van der Waals surface area contributed by atoms with Crippen molar-refractivity contribution >= 4 is 5.96 Å². The van der Waals surface area contributed by atoms with Crippen LogP contribution in [0.1, 0.15) is 33.6 Å². The van der Waals surface area contributed by atoms with Gasteiger partial charge in [0.1, 0.15) is 0 Å². The fourth-order valence-electron chi connectivity index (χ4n) is 2.24. The summed E-state index contributed by atoms with van der Waals surface area (Å²) in [6.45, 7) is 11.8. The van der Waals surface area contributed by atoms with Gasteiger partial charge >= 0.3 is 0 Å². The van der Waals surface area contributed by atoms with E-state index in [1.807, 2.05) is 0 Å². The van der Waals surface area contributed by atoms with Gasteiger partial charge in [-0.05, 0) is 19.5 Å². The molecule has 2 N–H and O–H groups in total. The smallest absolute Gasteiger partial charge is 0.191 e. The molecule has 0 saturated heterocycles. The topological polar surface area (TPSA) is 44.9 Å². The molecular weight excluding hydrogens is 200 g/mol. The third-order valence-electron chi connectivity index (χ3n) is 3.37. The molecule has 0 aromatic heterocycles. The standard InChI is InChI=1S/C12H26N4/c1-4-7-11-10-14-12(13)16(11)9-8-15(5-2)6-3/h11H,4-10H2,1-3H3,(H2,13,14). The molecule has 1 aliphatic heterocycles. The fraction of sp³-hybridized carbons (Fsp3) is 0.917. The lowest BCUT2D eigenvalue weighted by Gasteiger charge is -2.28. The van der Waals surface area contributed by atoms with Crippen LogP contribution in [0.4, 0.5) is 0 Å². The lowest BCUT2D eigenvalue weighted by atomic mass is 10.1. The lowest BCUT2D eigenvalue weighted by molar-refractivity contribution is 0.242. The largest absolute Gasteiger partial charge is 0.370 e. The first-order chi connectivity index (χ1) is 7.72. The van der Waals surface area contributed by atoms with Crippen LogP contribution in [0.25, 0.3) is 0 Å². The van der Waals surface area contributed by atoms with E-state index in [2.05, 4.69) is 35.6 Å². The van der Waals surface area contributed by atoms with Gasteiger partial charge in [0, 0.05) is 13.1 Å². The summed E-state index contributed by atoms with van der Waals surface area (Å²) >= 11 is 0. The lowest BCUT2D eigenvalue weighted by Crippen LogP contribution is -2.45. The van der Waals surface area contributed by atoms with Crippen molar-refractivity contribution < 1.29 is 0 Å². The first-order valence-electron chi connectivity index (χ1n) is 6.51. The number of nitrogens with two attached hydrogens (primary N) is 1. The van der Waals surface area contributed by atoms with Crippen LogP contribution >= 0.6 is 0 Å². The Balaban J connectivity index is 2.40. The Morgan fingerprint density at radius 2 is 2.06 bits per heavy atom. The van der Waals surface area contributed by atoms with Gasteiger partial charge in [0.05, 0.1) is 12.6 Å². The monoisotopic (exact) mass is 226 g/mol. The zero-order valence-electron chi connectivity index (χ0n) is 10.9. The van der Waals surface area contributed by atoms with Crippen molar-refractivity contribution in [2.75, 3.05) is 32.7 Å². The summed E-state index contributed by atoms with van der Waals surface area (Å²) in [6, 6.07) is 0.542. The Hall–Kier alpha value is -0.770. The molecule has 0 aromatic carbocycles. The molecule has 16 heavy (non-hydrogen) atoms. The molecule has 1 rings (SSSR count). The van der Waals surface area contributed by atoms with Gasteiger partial charge in [0.15, 0.2) is 5.96 Å². The first kappa shape index (κ1) is 13.3. The number of guanidine groups is 1. The molecule has 0 spiro atoms. The van der Waals surface area contributed by atoms with E-state index in [-0.39, 0.29) is 0 Å². The van der Waals surface area contributed by atoms with E-state index in [1.54, 1.807) is 0 Å². The van der Waals surface area contributed by atoms with Crippen molar-refractivity contribution in [2.24, 2.45) is 10.7 Å². The molecule has 1 heterocycles. The van der Waals surface area contributed by atoms with Crippen molar-refractivity contribution in [3.05, 3.63) is 0 Å². The average molecular weight is 226 g/mol. The van der Waals surface area contributed by atoms with E-state index in [0.29, 0.717) is 6.04 Å². The van der Waals surface area contributed by atoms with Gasteiger partial charge in [-0.3, -0.25) is 4.99 Å². The van der Waals surface area contributed by atoms with Crippen LogP contribution in [-0.2, 0) is 0 Å². The van der Waals surface area contributed by atoms with E-state index in [1.165, 1.54) is 12.8 Å². The summed E-state index contributed by atoms with van der Waals surface area (Å²) in [5, 5.41) is 0. The first-order valence-corrected chi connectivity index (χ1v) is 6.51. The molecule has 0 fully saturated rings. The SMILES string of the molecule is CCCC1CN=C(N)N1CCN(CC)CC. The number of aliphatic imine (C=N–C) groups is 1. The molecule has 0 saturated carbocycles. The van der Waals surface area contributed by atoms with Crippen LogP contribution in [0.2, 0.25) is 0 Å². The van der Waals surface area contributed by atoms with Gasteiger partial charge in [-0.15, -0.1) is 0 Å². The van der Waals surface area contributed by atoms with E-state index >= 15 is 0 Å². The maximum absolute atomic E-state index is 5.93. The summed E-state index contributed by atoms with van der Waals surface area (Å²) in [5.41, 5.74) is 5.93. The zero-order chi connectivity index (χ0) is 12.0. The minimum absolute atomic E-state index is 0.542. The Kier molecular flexibility index (Phi) is 5.60. The number of hydrogen-bond donors (Lipinski definition) is 1. The zero-order valence-corrected chi connectivity index (χ0v) is 10.9. The second-order valence-corrected chi connectivity index (χ2v) is 4.36. The normalized spacial score (nSPS) is 20.6. The second kappa shape index (κ2) is 6.74. The van der Waals surface area contributed by atoms with Crippen LogP contribution < -0.4 is 5.73 Å². The number of likely N-dealkylation sites (N-methyl/N-ethyl adjacent to an activating group) is 1. The molecule has 4 nitrogen and oxygen atoms in total. The molecular formula is C12H26N4. The van der Waals surface area contributed by atoms with Crippen molar-refractivity contribution in [3.8, 4) is 0 Å². The van der Waals surface area contributed by atoms with Crippen molar-refractivity contribution in [3.63, 3.8) is 0 Å². The van der Waals surface area contributed by atoms with Crippen molar-refractivity contribution in [1.82, 2.24) is 9.80 Å². The molecule has 1 unspecified atom stereocenters. The molecule has 0 bridgehead atoms. The summed E-state index contributed by atoms with van der Waals surface area (Å²) in [5.74, 6) is 0.741. The van der Waals surface area contributed by atoms with Gasteiger partial charge < -0.3 is 15.5 Å². The van der Waals surface area contributed by atoms with Crippen LogP contribution in [0.15, 0.2) is 4.99 Å². The van der Waals surface area contributed by atoms with Gasteiger partial charge in [-0.2, -0.15) is 0 Å². The highest BCUT2D eigenvalue weighted by molar-refractivity contribution is 5.80. The molecule has 4 heteroatoms. The van der Waals surface area contributed by atoms with E-state index < -0.39 is 0 Å². The highest BCUT2D eigenvalue weighted by atomic mass is 15.3. The Labute approximate surface area is 99.5 Å². The Morgan fingerprint density at radius 3 is 2.62 bits per heavy atom. The minimum atomic E-state index is 0.542. The highest BCUT2D eigenvalue weighted by Gasteiger charge is 2.24. The number of rotatable bonds is 7. The maximum atomic E-state index is 5.93. The van der Waals surface area contributed by atoms with E-state index in [0.717, 1.165) is 38.7 Å². The molecule has 1 atom stereocenters. The second-order valence-electron chi connectivity index (χ2n) is 4.36. The van der Waals surface area contributed by atoms with Crippen molar-refractivity contribution in [2.45, 2.75) is 39.7 Å². The van der Waals surface area contributed by atoms with Gasteiger partial charge in [0.2, 0.25) is 0 Å². The molecule has 0 amide bonds. The third-order valence-corrected chi connectivity index (χ3v) is 3.37. The average Bonchev–Trinajstić information content (AvgIpc) is 2.63. The third kappa shape index (κ3) is 3.37. The van der Waals surface area contributed by atoms with E-state index in [9.17, 15) is 0 Å². The summed E-state index contributed by atoms with van der Waals surface area (Å²) in [7, 11) is 0. The predicted molar refractivity (Wildman–Crippen MR) is 69.7 cm³/mol. The summed E-state index contributed by atoms with van der Waals surface area (Å²) < 4.78 is 0. The van der Waals surface area contributed by atoms with Gasteiger partial charge in [-0.1, -0.05) is 27.2 Å². The molecule has 94 valence electrons. The van der Waals surface area contributed by atoms with Crippen LogP contribution in [-0.4, -0.2) is 54.5 Å². The molecule has 1 aliphatic rings. The number of nitrogens with zero attached hydrogens (tertiary/aromatic N) is 3. The van der Waals surface area contributed by atoms with E-state index in [4.69, 9.17) is 5.73 Å². The van der Waals surface area contributed by atoms with Crippen molar-refractivity contribution in [1.29, 1.82) is 0 Å². The van der Waals surface area contributed by atoms with Gasteiger partial charge in [-0.25, -0.2) is 0 Å². The Morgan fingerprint density at radius 1 is 1.38 bits per heavy atom. The molecule has 0 aromatic rings. The fourth-order valence-corrected chi connectivity index (χ4v) is 2.24. The number of hydrogen-bond acceptors (Lipinski definition) is 4. The highest BCUT2D eigenvalue weighted by Crippen LogP contribution is 2.13. The van der Waals surface area contributed by atoms with Crippen LogP contribution in [0.5, 0.6) is 0 Å². The maximum Gasteiger partial charge on any atom is 0.191 e. The van der Waals surface area contributed by atoms with Crippen LogP contribution in [0, 0.1) is 0 Å². The summed E-state index contributed by atoms with van der Waals surface area (Å²) in [6.07, 6.45) is 2.40. The quantitative estimate of drug-likeness (QED) is 0.708. The Bertz CT molecular complexity index is 223.